The van der Waals surface area contributed by atoms with Gasteiger partial charge in [0.05, 0.1) is 11.3 Å². The third-order valence-electron chi connectivity index (χ3n) is 5.32. The van der Waals surface area contributed by atoms with Crippen LogP contribution in [-0.4, -0.2) is 34.4 Å². The van der Waals surface area contributed by atoms with Crippen LogP contribution >= 0.6 is 0 Å². The molecule has 0 radical (unpaired) electrons. The summed E-state index contributed by atoms with van der Waals surface area (Å²) in [5.74, 6) is -1.05. The number of benzene rings is 1. The summed E-state index contributed by atoms with van der Waals surface area (Å²) in [6.45, 7) is 10.1. The average molecular weight is 475 g/mol. The van der Waals surface area contributed by atoms with Crippen LogP contribution in [0.5, 0.6) is 0 Å². The Balaban J connectivity index is 2.23. The SMILES string of the molecule is CCN(CC(=O)Nc1ccccc1C(F)(F)F)C(=O)/C(C#N)=C/c1cc(C)n(CC(C)C)c1C. The van der Waals surface area contributed by atoms with Crippen LogP contribution in [0.4, 0.5) is 18.9 Å². The summed E-state index contributed by atoms with van der Waals surface area (Å²) in [4.78, 5) is 26.6. The van der Waals surface area contributed by atoms with Crippen molar-refractivity contribution >= 4 is 23.6 Å². The number of nitrogens with one attached hydrogen (secondary N) is 1. The van der Waals surface area contributed by atoms with Crippen molar-refractivity contribution in [3.8, 4) is 6.07 Å². The van der Waals surface area contributed by atoms with Crippen LogP contribution < -0.4 is 5.32 Å². The van der Waals surface area contributed by atoms with Crippen LogP contribution in [0.3, 0.4) is 0 Å². The molecule has 6 nitrogen and oxygen atoms in total. The molecule has 0 aliphatic rings. The number of para-hydroxylation sites is 1. The van der Waals surface area contributed by atoms with Gasteiger partial charge in [0.25, 0.3) is 5.91 Å². The number of aromatic nitrogens is 1. The van der Waals surface area contributed by atoms with Crippen molar-refractivity contribution in [2.24, 2.45) is 5.92 Å². The van der Waals surface area contributed by atoms with Gasteiger partial charge in [0.15, 0.2) is 0 Å². The standard InChI is InChI=1S/C25H29F3N4O2/c1-6-31(15-23(33)30-22-10-8-7-9-21(22)25(26,27)28)24(34)20(13-29)12-19-11-17(4)32(18(19)5)14-16(2)3/h7-12,16H,6,14-15H2,1-5H3,(H,30,33)/b20-12+. The lowest BCUT2D eigenvalue weighted by Gasteiger charge is -2.21. The summed E-state index contributed by atoms with van der Waals surface area (Å²) in [5.41, 5.74) is 1.11. The molecule has 0 spiro atoms. The fourth-order valence-electron chi connectivity index (χ4n) is 3.62. The normalized spacial score (nSPS) is 11.9. The Morgan fingerprint density at radius 3 is 2.44 bits per heavy atom. The predicted molar refractivity (Wildman–Crippen MR) is 125 cm³/mol. The summed E-state index contributed by atoms with van der Waals surface area (Å²) in [5, 5.41) is 11.8. The number of hydrogen-bond acceptors (Lipinski definition) is 3. The second-order valence-corrected chi connectivity index (χ2v) is 8.41. The van der Waals surface area contributed by atoms with Crippen molar-refractivity contribution < 1.29 is 22.8 Å². The highest BCUT2D eigenvalue weighted by Crippen LogP contribution is 2.34. The topological polar surface area (TPSA) is 78.1 Å². The second kappa shape index (κ2) is 11.1. The number of nitrogens with zero attached hydrogens (tertiary/aromatic N) is 3. The number of anilines is 1. The van der Waals surface area contributed by atoms with Crippen molar-refractivity contribution in [2.75, 3.05) is 18.4 Å². The van der Waals surface area contributed by atoms with Crippen molar-refractivity contribution in [3.05, 3.63) is 58.4 Å². The van der Waals surface area contributed by atoms with E-state index in [0.29, 0.717) is 5.92 Å². The van der Waals surface area contributed by atoms with E-state index in [9.17, 15) is 28.0 Å². The number of likely N-dealkylation sites (N-methyl/N-ethyl adjacent to an activating group) is 1. The minimum Gasteiger partial charge on any atom is -0.348 e. The van der Waals surface area contributed by atoms with Crippen LogP contribution in [0.2, 0.25) is 0 Å². The van der Waals surface area contributed by atoms with Gasteiger partial charge in [0.2, 0.25) is 5.91 Å². The van der Waals surface area contributed by atoms with Gasteiger partial charge in [-0.2, -0.15) is 18.4 Å². The van der Waals surface area contributed by atoms with Crippen molar-refractivity contribution in [2.45, 2.75) is 47.3 Å². The maximum atomic E-state index is 13.2. The third-order valence-corrected chi connectivity index (χ3v) is 5.32. The van der Waals surface area contributed by atoms with E-state index < -0.39 is 35.8 Å². The minimum atomic E-state index is -4.64. The predicted octanol–water partition coefficient (Wildman–Crippen LogP) is 5.17. The highest BCUT2D eigenvalue weighted by molar-refractivity contribution is 6.04. The zero-order chi connectivity index (χ0) is 25.6. The Kier molecular flexibility index (Phi) is 8.68. The van der Waals surface area contributed by atoms with Crippen LogP contribution in [0.1, 0.15) is 43.3 Å². The van der Waals surface area contributed by atoms with E-state index >= 15 is 0 Å². The highest BCUT2D eigenvalue weighted by atomic mass is 19.4. The number of amides is 2. The van der Waals surface area contributed by atoms with Crippen LogP contribution in [0, 0.1) is 31.1 Å². The zero-order valence-electron chi connectivity index (χ0n) is 20.0. The molecule has 9 heteroatoms. The van der Waals surface area contributed by atoms with Crippen LogP contribution in [-0.2, 0) is 22.3 Å². The Morgan fingerprint density at radius 2 is 1.88 bits per heavy atom. The molecular weight excluding hydrogens is 445 g/mol. The zero-order valence-corrected chi connectivity index (χ0v) is 20.0. The molecule has 0 saturated carbocycles. The first-order valence-corrected chi connectivity index (χ1v) is 10.9. The Morgan fingerprint density at radius 1 is 1.24 bits per heavy atom. The number of aryl methyl sites for hydroxylation is 1. The minimum absolute atomic E-state index is 0.0958. The Labute approximate surface area is 197 Å². The van der Waals surface area contributed by atoms with Gasteiger partial charge in [-0.25, -0.2) is 0 Å². The highest BCUT2D eigenvalue weighted by Gasteiger charge is 2.33. The summed E-state index contributed by atoms with van der Waals surface area (Å²) < 4.78 is 41.7. The average Bonchev–Trinajstić information content (AvgIpc) is 3.01. The van der Waals surface area contributed by atoms with Gasteiger partial charge in [-0.3, -0.25) is 9.59 Å². The fourth-order valence-corrected chi connectivity index (χ4v) is 3.62. The molecule has 1 heterocycles. The van der Waals surface area contributed by atoms with Crippen LogP contribution in [0.25, 0.3) is 6.08 Å². The van der Waals surface area contributed by atoms with Gasteiger partial charge in [-0.15, -0.1) is 0 Å². The molecule has 182 valence electrons. The summed E-state index contributed by atoms with van der Waals surface area (Å²) in [7, 11) is 0. The summed E-state index contributed by atoms with van der Waals surface area (Å²) >= 11 is 0. The molecule has 0 aliphatic heterocycles. The number of halogens is 3. The lowest BCUT2D eigenvalue weighted by molar-refractivity contribution is -0.137. The molecule has 0 atom stereocenters. The maximum Gasteiger partial charge on any atom is 0.418 e. The van der Waals surface area contributed by atoms with E-state index in [1.165, 1.54) is 18.2 Å². The molecule has 1 aromatic carbocycles. The Bertz CT molecular complexity index is 1120. The lowest BCUT2D eigenvalue weighted by atomic mass is 10.1. The molecule has 2 rings (SSSR count). The number of hydrogen-bond donors (Lipinski definition) is 1. The molecule has 1 aromatic heterocycles. The number of rotatable bonds is 8. The van der Waals surface area contributed by atoms with Gasteiger partial charge in [-0.1, -0.05) is 26.0 Å². The fraction of sp³-hybridized carbons (Fsp3) is 0.400. The monoisotopic (exact) mass is 474 g/mol. The molecule has 0 fully saturated rings. The smallest absolute Gasteiger partial charge is 0.348 e. The molecule has 0 aliphatic carbocycles. The van der Waals surface area contributed by atoms with Crippen molar-refractivity contribution in [3.63, 3.8) is 0 Å². The first-order chi connectivity index (χ1) is 15.9. The van der Waals surface area contributed by atoms with Crippen molar-refractivity contribution in [1.82, 2.24) is 9.47 Å². The largest absolute Gasteiger partial charge is 0.418 e. The van der Waals surface area contributed by atoms with Gasteiger partial charge >= 0.3 is 6.18 Å². The van der Waals surface area contributed by atoms with E-state index in [4.69, 9.17) is 0 Å². The quantitative estimate of drug-likeness (QED) is 0.423. The maximum absolute atomic E-state index is 13.2. The molecule has 0 unspecified atom stereocenters. The van der Waals surface area contributed by atoms with E-state index in [0.717, 1.165) is 40.5 Å². The summed E-state index contributed by atoms with van der Waals surface area (Å²) in [6.07, 6.45) is -3.15. The lowest BCUT2D eigenvalue weighted by Crippen LogP contribution is -2.38. The molecule has 0 saturated heterocycles. The molecule has 2 amide bonds. The number of alkyl halides is 3. The number of carbonyl (C=O) groups excluding carboxylic acids is 2. The van der Waals surface area contributed by atoms with E-state index in [2.05, 4.69) is 23.7 Å². The molecule has 1 N–H and O–H groups in total. The van der Waals surface area contributed by atoms with Gasteiger partial charge in [-0.05, 0) is 56.5 Å². The number of carbonyl (C=O) groups is 2. The van der Waals surface area contributed by atoms with Crippen molar-refractivity contribution in [1.29, 1.82) is 5.26 Å². The van der Waals surface area contributed by atoms with Gasteiger partial charge < -0.3 is 14.8 Å². The Hall–Kier alpha value is -3.54. The van der Waals surface area contributed by atoms with E-state index in [1.807, 2.05) is 26.0 Å². The molecule has 2 aromatic rings. The first kappa shape index (κ1) is 26.7. The second-order valence-electron chi connectivity index (χ2n) is 8.41. The summed E-state index contributed by atoms with van der Waals surface area (Å²) in [6, 6.07) is 8.39. The molecular formula is C25H29F3N4O2. The van der Waals surface area contributed by atoms with Gasteiger partial charge in [0.1, 0.15) is 18.2 Å². The van der Waals surface area contributed by atoms with E-state index in [1.54, 1.807) is 6.92 Å². The van der Waals surface area contributed by atoms with Crippen LogP contribution in [0.15, 0.2) is 35.9 Å². The van der Waals surface area contributed by atoms with Gasteiger partial charge in [0, 0.05) is 24.5 Å². The number of nitriles is 1. The third kappa shape index (κ3) is 6.50. The first-order valence-electron chi connectivity index (χ1n) is 10.9. The molecule has 0 bridgehead atoms. The molecule has 34 heavy (non-hydrogen) atoms. The van der Waals surface area contributed by atoms with E-state index in [-0.39, 0.29) is 12.1 Å².